The fraction of sp³-hybridized carbons (Fsp3) is 0.969. The molecule has 0 bridgehead atoms. The maximum absolute atomic E-state index is 11.7. The summed E-state index contributed by atoms with van der Waals surface area (Å²) < 4.78 is 5.30. The molecule has 204 valence electrons. The molecule has 0 atom stereocenters. The van der Waals surface area contributed by atoms with Gasteiger partial charge in [0.15, 0.2) is 0 Å². The van der Waals surface area contributed by atoms with Crippen LogP contribution in [0, 0.1) is 0 Å². The summed E-state index contributed by atoms with van der Waals surface area (Å²) in [6.45, 7) is 5.12. The smallest absolute Gasteiger partial charge is 0.305 e. The van der Waals surface area contributed by atoms with Gasteiger partial charge >= 0.3 is 5.97 Å². The van der Waals surface area contributed by atoms with Gasteiger partial charge in [0.05, 0.1) is 6.61 Å². The van der Waals surface area contributed by atoms with Crippen LogP contribution in [-0.4, -0.2) is 12.6 Å². The van der Waals surface area contributed by atoms with Crippen LogP contribution >= 0.6 is 0 Å². The van der Waals surface area contributed by atoms with Crippen LogP contribution < -0.4 is 0 Å². The van der Waals surface area contributed by atoms with E-state index < -0.39 is 0 Å². The van der Waals surface area contributed by atoms with Crippen molar-refractivity contribution in [2.45, 2.75) is 194 Å². The first-order valence-corrected chi connectivity index (χ1v) is 16.0. The summed E-state index contributed by atoms with van der Waals surface area (Å²) in [5.41, 5.74) is 0. The molecule has 2 nitrogen and oxygen atoms in total. The van der Waals surface area contributed by atoms with Crippen LogP contribution in [-0.2, 0) is 9.53 Å². The third-order valence-corrected chi connectivity index (χ3v) is 7.25. The van der Waals surface area contributed by atoms with Crippen LogP contribution in [0.5, 0.6) is 0 Å². The highest BCUT2D eigenvalue weighted by Gasteiger charge is 2.02. The molecular weight excluding hydrogens is 416 g/mol. The minimum Gasteiger partial charge on any atom is -0.466 e. The SMILES string of the molecule is CCCCCCCCCCCCCCCCCCCCCCCCCC(=O)OCCCCCC. The first kappa shape index (κ1) is 33.5. The van der Waals surface area contributed by atoms with Crippen molar-refractivity contribution < 1.29 is 9.53 Å². The van der Waals surface area contributed by atoms with Crippen molar-refractivity contribution in [1.29, 1.82) is 0 Å². The van der Waals surface area contributed by atoms with Gasteiger partial charge in [-0.05, 0) is 12.8 Å². The lowest BCUT2D eigenvalue weighted by molar-refractivity contribution is -0.143. The van der Waals surface area contributed by atoms with Gasteiger partial charge in [-0.2, -0.15) is 0 Å². The van der Waals surface area contributed by atoms with Crippen LogP contribution in [0.15, 0.2) is 0 Å². The summed E-state index contributed by atoms with van der Waals surface area (Å²) in [5.74, 6) is 0.0139. The average Bonchev–Trinajstić information content (AvgIpc) is 2.84. The molecule has 0 saturated heterocycles. The summed E-state index contributed by atoms with van der Waals surface area (Å²) in [5, 5.41) is 0. The number of rotatable bonds is 29. The second kappa shape index (κ2) is 30.5. The third-order valence-electron chi connectivity index (χ3n) is 7.25. The van der Waals surface area contributed by atoms with Crippen LogP contribution in [0.2, 0.25) is 0 Å². The van der Waals surface area contributed by atoms with E-state index in [0.717, 1.165) is 12.8 Å². The summed E-state index contributed by atoms with van der Waals surface area (Å²) in [7, 11) is 0. The van der Waals surface area contributed by atoms with Gasteiger partial charge in [0.25, 0.3) is 0 Å². The van der Waals surface area contributed by atoms with Gasteiger partial charge < -0.3 is 4.74 Å². The van der Waals surface area contributed by atoms with Crippen molar-refractivity contribution in [3.8, 4) is 0 Å². The van der Waals surface area contributed by atoms with Crippen LogP contribution in [0.3, 0.4) is 0 Å². The van der Waals surface area contributed by atoms with Crippen LogP contribution in [0.4, 0.5) is 0 Å². The summed E-state index contributed by atoms with van der Waals surface area (Å²) in [6, 6.07) is 0. The average molecular weight is 481 g/mol. The summed E-state index contributed by atoms with van der Waals surface area (Å²) >= 11 is 0. The molecule has 0 amide bonds. The molecule has 2 heteroatoms. The molecule has 0 radical (unpaired) electrons. The standard InChI is InChI=1S/C32H64O2/c1-3-5-7-9-10-11-12-13-14-15-16-17-18-19-20-21-22-23-24-25-26-27-28-30-32(33)34-31-29-8-6-4-2/h3-31H2,1-2H3. The lowest BCUT2D eigenvalue weighted by Crippen LogP contribution is -2.05. The zero-order valence-electron chi connectivity index (χ0n) is 23.8. The Kier molecular flexibility index (Phi) is 30.0. The highest BCUT2D eigenvalue weighted by Crippen LogP contribution is 2.15. The lowest BCUT2D eigenvalue weighted by Gasteiger charge is -2.05. The Bertz CT molecular complexity index is 379. The van der Waals surface area contributed by atoms with Gasteiger partial charge in [-0.1, -0.05) is 174 Å². The van der Waals surface area contributed by atoms with Crippen molar-refractivity contribution >= 4 is 5.97 Å². The molecule has 0 aromatic carbocycles. The maximum atomic E-state index is 11.7. The van der Waals surface area contributed by atoms with E-state index in [1.54, 1.807) is 0 Å². The molecular formula is C32H64O2. The molecule has 0 aromatic heterocycles. The minimum absolute atomic E-state index is 0.0139. The van der Waals surface area contributed by atoms with E-state index in [-0.39, 0.29) is 5.97 Å². The number of esters is 1. The van der Waals surface area contributed by atoms with Crippen LogP contribution in [0.1, 0.15) is 194 Å². The topological polar surface area (TPSA) is 26.3 Å². The molecule has 0 N–H and O–H groups in total. The molecule has 0 rings (SSSR count). The van der Waals surface area contributed by atoms with Crippen molar-refractivity contribution in [3.63, 3.8) is 0 Å². The number of hydrogen-bond donors (Lipinski definition) is 0. The van der Waals surface area contributed by atoms with E-state index in [2.05, 4.69) is 13.8 Å². The predicted octanol–water partition coefficient (Wildman–Crippen LogP) is 11.5. The fourth-order valence-corrected chi connectivity index (χ4v) is 4.84. The Labute approximate surface area is 215 Å². The molecule has 0 heterocycles. The number of hydrogen-bond acceptors (Lipinski definition) is 2. The van der Waals surface area contributed by atoms with Crippen molar-refractivity contribution in [2.24, 2.45) is 0 Å². The number of unbranched alkanes of at least 4 members (excludes halogenated alkanes) is 25. The zero-order valence-corrected chi connectivity index (χ0v) is 23.8. The maximum Gasteiger partial charge on any atom is 0.305 e. The predicted molar refractivity (Wildman–Crippen MR) is 152 cm³/mol. The second-order valence-electron chi connectivity index (χ2n) is 10.8. The molecule has 0 fully saturated rings. The van der Waals surface area contributed by atoms with Gasteiger partial charge in [0.1, 0.15) is 0 Å². The van der Waals surface area contributed by atoms with E-state index in [1.165, 1.54) is 161 Å². The quantitative estimate of drug-likeness (QED) is 0.0785. The number of carbonyl (C=O) groups is 1. The van der Waals surface area contributed by atoms with E-state index in [0.29, 0.717) is 13.0 Å². The summed E-state index contributed by atoms with van der Waals surface area (Å²) in [6.07, 6.45) is 37.6. The molecule has 0 aliphatic carbocycles. The Hall–Kier alpha value is -0.530. The molecule has 0 aliphatic heterocycles. The highest BCUT2D eigenvalue weighted by molar-refractivity contribution is 5.69. The first-order chi connectivity index (χ1) is 16.8. The largest absolute Gasteiger partial charge is 0.466 e. The van der Waals surface area contributed by atoms with Gasteiger partial charge in [0, 0.05) is 6.42 Å². The normalized spacial score (nSPS) is 11.2. The first-order valence-electron chi connectivity index (χ1n) is 16.0. The van der Waals surface area contributed by atoms with Crippen molar-refractivity contribution in [1.82, 2.24) is 0 Å². The van der Waals surface area contributed by atoms with Gasteiger partial charge in [0.2, 0.25) is 0 Å². The Morgan fingerprint density at radius 1 is 0.382 bits per heavy atom. The Morgan fingerprint density at radius 3 is 0.971 bits per heavy atom. The molecule has 0 aromatic rings. The molecule has 34 heavy (non-hydrogen) atoms. The van der Waals surface area contributed by atoms with E-state index in [9.17, 15) is 4.79 Å². The third kappa shape index (κ3) is 29.5. The van der Waals surface area contributed by atoms with Gasteiger partial charge in [-0.15, -0.1) is 0 Å². The van der Waals surface area contributed by atoms with Crippen molar-refractivity contribution in [2.75, 3.05) is 6.61 Å². The monoisotopic (exact) mass is 480 g/mol. The van der Waals surface area contributed by atoms with E-state index >= 15 is 0 Å². The van der Waals surface area contributed by atoms with Gasteiger partial charge in [-0.25, -0.2) is 0 Å². The lowest BCUT2D eigenvalue weighted by atomic mass is 10.0. The summed E-state index contributed by atoms with van der Waals surface area (Å²) in [4.78, 5) is 11.7. The fourth-order valence-electron chi connectivity index (χ4n) is 4.84. The van der Waals surface area contributed by atoms with Crippen LogP contribution in [0.25, 0.3) is 0 Å². The molecule has 0 spiro atoms. The zero-order chi connectivity index (χ0) is 24.8. The van der Waals surface area contributed by atoms with Gasteiger partial charge in [-0.3, -0.25) is 4.79 Å². The molecule has 0 unspecified atom stereocenters. The molecule has 0 aliphatic rings. The number of ether oxygens (including phenoxy) is 1. The minimum atomic E-state index is 0.0139. The van der Waals surface area contributed by atoms with Crippen molar-refractivity contribution in [3.05, 3.63) is 0 Å². The Morgan fingerprint density at radius 2 is 0.647 bits per heavy atom. The van der Waals surface area contributed by atoms with E-state index in [4.69, 9.17) is 4.74 Å². The Balaban J connectivity index is 3.08. The number of carbonyl (C=O) groups excluding carboxylic acids is 1. The second-order valence-corrected chi connectivity index (χ2v) is 10.8. The van der Waals surface area contributed by atoms with E-state index in [1.807, 2.05) is 0 Å². The molecule has 0 saturated carbocycles. The highest BCUT2D eigenvalue weighted by atomic mass is 16.5.